The van der Waals surface area contributed by atoms with Crippen LogP contribution in [0.15, 0.2) is 0 Å². The molecule has 0 unspecified atom stereocenters. The predicted molar refractivity (Wildman–Crippen MR) is 71.2 cm³/mol. The van der Waals surface area contributed by atoms with Gasteiger partial charge in [0, 0.05) is 7.26 Å². The van der Waals surface area contributed by atoms with Gasteiger partial charge in [-0.25, -0.2) is 0 Å². The Kier molecular flexibility index (Phi) is 7.13. The molecule has 0 N–H and O–H groups in total. The third kappa shape index (κ3) is 2.99. The quantitative estimate of drug-likeness (QED) is 0.487. The van der Waals surface area contributed by atoms with Crippen LogP contribution in [-0.4, -0.2) is 32.6 Å². The van der Waals surface area contributed by atoms with Crippen molar-refractivity contribution in [2.24, 2.45) is 0 Å². The van der Waals surface area contributed by atoms with Gasteiger partial charge in [0.2, 0.25) is 0 Å². The zero-order valence-electron chi connectivity index (χ0n) is 10.3. The lowest BCUT2D eigenvalue weighted by Gasteiger charge is -2.35. The molecule has 0 spiro atoms. The topological polar surface area (TPSA) is 0 Å². The molecule has 0 aromatic carbocycles. The van der Waals surface area contributed by atoms with Gasteiger partial charge in [-0.1, -0.05) is 6.42 Å². The zero-order valence-corrected chi connectivity index (χ0v) is 11.2. The fourth-order valence-electron chi connectivity index (χ4n) is 3.07. The summed E-state index contributed by atoms with van der Waals surface area (Å²) < 4.78 is 0. The minimum absolute atomic E-state index is 0. The highest BCUT2D eigenvalue weighted by atomic mass is 31.2. The highest BCUT2D eigenvalue weighted by molar-refractivity contribution is 7.76. The average Bonchev–Trinajstić information content (AvgIpc) is 2.23. The van der Waals surface area contributed by atoms with Gasteiger partial charge in [0.1, 0.15) is 0 Å². The molecule has 0 aromatic rings. The molecule has 82 valence electrons. The number of hydrogen-bond acceptors (Lipinski definition) is 0. The van der Waals surface area contributed by atoms with E-state index in [1.165, 1.54) is 37.7 Å². The SMILES string of the molecule is CC[P+](CC)(CC)C1CCCCC1.[B-]. The van der Waals surface area contributed by atoms with Crippen LogP contribution in [0.3, 0.4) is 0 Å². The van der Waals surface area contributed by atoms with E-state index in [0.717, 1.165) is 5.66 Å². The predicted octanol–water partition coefficient (Wildman–Crippen LogP) is 4.02. The van der Waals surface area contributed by atoms with Crippen LogP contribution in [0.4, 0.5) is 0 Å². The van der Waals surface area contributed by atoms with Crippen LogP contribution in [0.5, 0.6) is 0 Å². The Morgan fingerprint density at radius 2 is 1.29 bits per heavy atom. The minimum atomic E-state index is -0.514. The number of hydrogen-bond donors (Lipinski definition) is 0. The molecule has 0 atom stereocenters. The van der Waals surface area contributed by atoms with E-state index in [1.54, 1.807) is 12.8 Å². The molecule has 4 radical (unpaired) electrons. The van der Waals surface area contributed by atoms with Crippen LogP contribution in [-0.2, 0) is 0 Å². The second-order valence-corrected chi connectivity index (χ2v) is 9.52. The normalized spacial score (nSPS) is 19.1. The van der Waals surface area contributed by atoms with Gasteiger partial charge in [0.05, 0.1) is 24.1 Å². The Morgan fingerprint density at radius 1 is 0.857 bits per heavy atom. The van der Waals surface area contributed by atoms with Crippen molar-refractivity contribution in [3.63, 3.8) is 0 Å². The van der Waals surface area contributed by atoms with Crippen molar-refractivity contribution in [2.75, 3.05) is 18.5 Å². The summed E-state index contributed by atoms with van der Waals surface area (Å²) in [5.74, 6) is 0. The molecule has 1 rings (SSSR count). The third-order valence-corrected chi connectivity index (χ3v) is 10.1. The summed E-state index contributed by atoms with van der Waals surface area (Å²) in [4.78, 5) is 0. The Hall–Kier alpha value is 0.495. The Morgan fingerprint density at radius 3 is 1.64 bits per heavy atom. The van der Waals surface area contributed by atoms with Gasteiger partial charge in [-0.15, -0.1) is 0 Å². The van der Waals surface area contributed by atoms with E-state index >= 15 is 0 Å². The second kappa shape index (κ2) is 6.88. The van der Waals surface area contributed by atoms with Gasteiger partial charge in [0.25, 0.3) is 0 Å². The van der Waals surface area contributed by atoms with Crippen LogP contribution in [0.25, 0.3) is 0 Å². The molecule has 2 heteroatoms. The summed E-state index contributed by atoms with van der Waals surface area (Å²) in [7, 11) is -0.514. The van der Waals surface area contributed by atoms with E-state index in [2.05, 4.69) is 20.8 Å². The molecule has 1 aliphatic carbocycles. The first kappa shape index (κ1) is 14.5. The Labute approximate surface area is 93.2 Å². The summed E-state index contributed by atoms with van der Waals surface area (Å²) in [6, 6.07) is 0. The van der Waals surface area contributed by atoms with Gasteiger partial charge in [-0.05, 0) is 46.5 Å². The molecule has 0 aliphatic heterocycles. The molecule has 0 heterocycles. The zero-order chi connectivity index (χ0) is 9.73. The van der Waals surface area contributed by atoms with Gasteiger partial charge in [0.15, 0.2) is 0 Å². The van der Waals surface area contributed by atoms with Crippen molar-refractivity contribution in [1.82, 2.24) is 0 Å². The summed E-state index contributed by atoms with van der Waals surface area (Å²) in [5, 5.41) is 0. The average molecular weight is 212 g/mol. The lowest BCUT2D eigenvalue weighted by Crippen LogP contribution is -2.22. The van der Waals surface area contributed by atoms with E-state index in [0.29, 0.717) is 0 Å². The van der Waals surface area contributed by atoms with E-state index in [9.17, 15) is 0 Å². The van der Waals surface area contributed by atoms with Crippen LogP contribution < -0.4 is 0 Å². The van der Waals surface area contributed by atoms with E-state index in [4.69, 9.17) is 0 Å². The van der Waals surface area contributed by atoms with Crippen molar-refractivity contribution in [3.05, 3.63) is 0 Å². The Balaban J connectivity index is 0.00000169. The van der Waals surface area contributed by atoms with Gasteiger partial charge in [-0.2, -0.15) is 0 Å². The third-order valence-electron chi connectivity index (χ3n) is 4.24. The van der Waals surface area contributed by atoms with Crippen LogP contribution >= 0.6 is 7.26 Å². The van der Waals surface area contributed by atoms with Crippen molar-refractivity contribution in [2.45, 2.75) is 58.5 Å². The van der Waals surface area contributed by atoms with Crippen molar-refractivity contribution >= 4 is 15.7 Å². The fourth-order valence-corrected chi connectivity index (χ4v) is 7.43. The smallest absolute Gasteiger partial charge is 0.0697 e. The molecule has 0 amide bonds. The van der Waals surface area contributed by atoms with Gasteiger partial charge >= 0.3 is 0 Å². The van der Waals surface area contributed by atoms with E-state index < -0.39 is 7.26 Å². The maximum Gasteiger partial charge on any atom is 0.0697 e. The Bertz CT molecular complexity index is 129. The molecular formula is C12H26BP. The highest BCUT2D eigenvalue weighted by Crippen LogP contribution is 2.65. The molecule has 1 fully saturated rings. The molecule has 14 heavy (non-hydrogen) atoms. The largest absolute Gasteiger partial charge is 1.00 e. The lowest BCUT2D eigenvalue weighted by molar-refractivity contribution is 0.507. The maximum atomic E-state index is 2.44. The maximum absolute atomic E-state index is 2.44. The standard InChI is InChI=1S/C12H26P.B/c1-4-13(5-2,6-3)12-10-8-7-9-11-12;/h12H,4-11H2,1-3H3;/q+1;-1. The summed E-state index contributed by atoms with van der Waals surface area (Å²) >= 11 is 0. The first-order chi connectivity index (χ1) is 6.29. The van der Waals surface area contributed by atoms with Crippen LogP contribution in [0.1, 0.15) is 52.9 Å². The van der Waals surface area contributed by atoms with Crippen LogP contribution in [0.2, 0.25) is 0 Å². The minimum Gasteiger partial charge on any atom is -1.00 e. The molecule has 0 bridgehead atoms. The summed E-state index contributed by atoms with van der Waals surface area (Å²) in [5.41, 5.74) is 1.15. The van der Waals surface area contributed by atoms with Crippen LogP contribution in [0, 0.1) is 0 Å². The first-order valence-corrected chi connectivity index (χ1v) is 8.56. The second-order valence-electron chi connectivity index (χ2n) is 4.46. The van der Waals surface area contributed by atoms with E-state index in [-0.39, 0.29) is 8.41 Å². The van der Waals surface area contributed by atoms with Crippen molar-refractivity contribution < 1.29 is 0 Å². The molecule has 0 nitrogen and oxygen atoms in total. The first-order valence-electron chi connectivity index (χ1n) is 6.14. The van der Waals surface area contributed by atoms with Gasteiger partial charge in [-0.3, -0.25) is 0 Å². The summed E-state index contributed by atoms with van der Waals surface area (Å²) in [6.07, 6.45) is 12.2. The highest BCUT2D eigenvalue weighted by Gasteiger charge is 2.40. The molecule has 1 saturated carbocycles. The van der Waals surface area contributed by atoms with Crippen molar-refractivity contribution in [1.29, 1.82) is 0 Å². The van der Waals surface area contributed by atoms with E-state index in [1.807, 2.05) is 0 Å². The fraction of sp³-hybridized carbons (Fsp3) is 1.00. The lowest BCUT2D eigenvalue weighted by atomic mass is 10.0. The molecule has 0 saturated heterocycles. The molecular weight excluding hydrogens is 186 g/mol. The molecule has 1 aliphatic rings. The van der Waals surface area contributed by atoms with Crippen molar-refractivity contribution in [3.8, 4) is 0 Å². The number of rotatable bonds is 4. The van der Waals surface area contributed by atoms with Gasteiger partial charge < -0.3 is 8.41 Å². The monoisotopic (exact) mass is 212 g/mol. The molecule has 0 aromatic heterocycles. The summed E-state index contributed by atoms with van der Waals surface area (Å²) in [6.45, 7) is 7.32.